The molecule has 5 nitrogen and oxygen atoms in total. The molecule has 0 amide bonds. The molecule has 0 atom stereocenters. The number of aliphatic hydroxyl groups excluding tert-OH is 1. The van der Waals surface area contributed by atoms with Gasteiger partial charge in [-0.05, 0) is 30.5 Å². The molecule has 0 saturated carbocycles. The van der Waals surface area contributed by atoms with Crippen molar-refractivity contribution in [2.45, 2.75) is 31.6 Å². The Morgan fingerprint density at radius 3 is 2.47 bits per heavy atom. The summed E-state index contributed by atoms with van der Waals surface area (Å²) in [5.41, 5.74) is 6.87. The van der Waals surface area contributed by atoms with Crippen LogP contribution in [0.5, 0.6) is 0 Å². The van der Waals surface area contributed by atoms with Crippen molar-refractivity contribution in [2.24, 2.45) is 0 Å². The van der Waals surface area contributed by atoms with Crippen LogP contribution in [-0.2, 0) is 16.4 Å². The van der Waals surface area contributed by atoms with Gasteiger partial charge in [-0.1, -0.05) is 19.9 Å². The fourth-order valence-corrected chi connectivity index (χ4v) is 3.81. The van der Waals surface area contributed by atoms with E-state index in [4.69, 9.17) is 10.8 Å². The molecule has 0 fully saturated rings. The lowest BCUT2D eigenvalue weighted by atomic mass is 10.1. The molecule has 108 valence electrons. The van der Waals surface area contributed by atoms with Gasteiger partial charge in [0.1, 0.15) is 0 Å². The average molecular weight is 286 g/mol. The standard InChI is InChI=1S/C13H22N2O3S/c1-3-7-15(8-9-16)19(17,18)13-10-12(14)6-5-11(13)4-2/h5-6,10,16H,3-4,7-9,14H2,1-2H3. The zero-order valence-corrected chi connectivity index (χ0v) is 12.3. The third-order valence-corrected chi connectivity index (χ3v) is 4.89. The lowest BCUT2D eigenvalue weighted by Gasteiger charge is -2.22. The Bertz CT molecular complexity index is 509. The number of anilines is 1. The van der Waals surface area contributed by atoms with Crippen LogP contribution < -0.4 is 5.73 Å². The largest absolute Gasteiger partial charge is 0.399 e. The Balaban J connectivity index is 3.27. The van der Waals surface area contributed by atoms with Gasteiger partial charge in [-0.25, -0.2) is 8.42 Å². The first-order chi connectivity index (χ1) is 8.97. The van der Waals surface area contributed by atoms with Gasteiger partial charge in [0, 0.05) is 18.8 Å². The van der Waals surface area contributed by atoms with E-state index < -0.39 is 10.0 Å². The maximum absolute atomic E-state index is 12.6. The lowest BCUT2D eigenvalue weighted by Crippen LogP contribution is -2.34. The molecule has 3 N–H and O–H groups in total. The summed E-state index contributed by atoms with van der Waals surface area (Å²) in [4.78, 5) is 0.247. The van der Waals surface area contributed by atoms with Gasteiger partial charge in [0.05, 0.1) is 11.5 Å². The number of hydrogen-bond acceptors (Lipinski definition) is 4. The lowest BCUT2D eigenvalue weighted by molar-refractivity contribution is 0.253. The van der Waals surface area contributed by atoms with Crippen molar-refractivity contribution >= 4 is 15.7 Å². The van der Waals surface area contributed by atoms with Crippen LogP contribution in [0.15, 0.2) is 23.1 Å². The predicted molar refractivity (Wildman–Crippen MR) is 76.4 cm³/mol. The van der Waals surface area contributed by atoms with E-state index >= 15 is 0 Å². The predicted octanol–water partition coefficient (Wildman–Crippen LogP) is 1.22. The van der Waals surface area contributed by atoms with Gasteiger partial charge in [0.2, 0.25) is 10.0 Å². The topological polar surface area (TPSA) is 83.6 Å². The Labute approximate surface area is 115 Å². The minimum Gasteiger partial charge on any atom is -0.399 e. The summed E-state index contributed by atoms with van der Waals surface area (Å²) in [5.74, 6) is 0. The molecule has 1 aromatic rings. The third kappa shape index (κ3) is 3.68. The number of nitrogens with zero attached hydrogens (tertiary/aromatic N) is 1. The van der Waals surface area contributed by atoms with Crippen LogP contribution >= 0.6 is 0 Å². The molecule has 19 heavy (non-hydrogen) atoms. The molecule has 0 aromatic heterocycles. The number of rotatable bonds is 7. The summed E-state index contributed by atoms with van der Waals surface area (Å²) < 4.78 is 26.5. The summed E-state index contributed by atoms with van der Waals surface area (Å²) >= 11 is 0. The highest BCUT2D eigenvalue weighted by Crippen LogP contribution is 2.23. The molecule has 0 radical (unpaired) electrons. The van der Waals surface area contributed by atoms with Crippen LogP contribution in [-0.4, -0.2) is 37.5 Å². The molecule has 0 bridgehead atoms. The van der Waals surface area contributed by atoms with E-state index in [0.29, 0.717) is 25.1 Å². The van der Waals surface area contributed by atoms with Crippen molar-refractivity contribution in [1.82, 2.24) is 4.31 Å². The van der Waals surface area contributed by atoms with Crippen LogP contribution in [0, 0.1) is 0 Å². The molecule has 1 aromatic carbocycles. The van der Waals surface area contributed by atoms with E-state index in [1.54, 1.807) is 12.1 Å². The number of benzene rings is 1. The molecule has 0 aliphatic carbocycles. The summed E-state index contributed by atoms with van der Waals surface area (Å²) in [7, 11) is -3.60. The molecular formula is C13H22N2O3S. The van der Waals surface area contributed by atoms with Crippen LogP contribution in [0.4, 0.5) is 5.69 Å². The van der Waals surface area contributed by atoms with Crippen LogP contribution in [0.1, 0.15) is 25.8 Å². The average Bonchev–Trinajstić information content (AvgIpc) is 2.38. The fourth-order valence-electron chi connectivity index (χ4n) is 1.96. The zero-order valence-electron chi connectivity index (χ0n) is 11.5. The van der Waals surface area contributed by atoms with Crippen molar-refractivity contribution in [3.05, 3.63) is 23.8 Å². The molecule has 0 heterocycles. The van der Waals surface area contributed by atoms with Gasteiger partial charge in [-0.3, -0.25) is 0 Å². The zero-order chi connectivity index (χ0) is 14.5. The Morgan fingerprint density at radius 1 is 1.26 bits per heavy atom. The number of aliphatic hydroxyl groups is 1. The normalized spacial score (nSPS) is 12.0. The molecule has 0 unspecified atom stereocenters. The van der Waals surface area contributed by atoms with Crippen LogP contribution in [0.2, 0.25) is 0 Å². The molecule has 0 spiro atoms. The molecule has 0 aliphatic rings. The van der Waals surface area contributed by atoms with E-state index in [0.717, 1.165) is 5.56 Å². The molecule has 6 heteroatoms. The van der Waals surface area contributed by atoms with Crippen molar-refractivity contribution < 1.29 is 13.5 Å². The first-order valence-corrected chi connectivity index (χ1v) is 7.90. The Hall–Kier alpha value is -1.11. The minimum atomic E-state index is -3.60. The smallest absolute Gasteiger partial charge is 0.243 e. The van der Waals surface area contributed by atoms with Gasteiger partial charge in [0.15, 0.2) is 0 Å². The van der Waals surface area contributed by atoms with Crippen molar-refractivity contribution in [3.63, 3.8) is 0 Å². The molecule has 0 saturated heterocycles. The number of sulfonamides is 1. The van der Waals surface area contributed by atoms with Gasteiger partial charge in [0.25, 0.3) is 0 Å². The maximum atomic E-state index is 12.6. The first-order valence-electron chi connectivity index (χ1n) is 6.46. The molecular weight excluding hydrogens is 264 g/mol. The molecule has 0 aliphatic heterocycles. The quantitative estimate of drug-likeness (QED) is 0.738. The summed E-state index contributed by atoms with van der Waals surface area (Å²) in [5, 5.41) is 9.02. The SMILES string of the molecule is CCCN(CCO)S(=O)(=O)c1cc(N)ccc1CC. The fraction of sp³-hybridized carbons (Fsp3) is 0.538. The minimum absolute atomic E-state index is 0.105. The van der Waals surface area contributed by atoms with E-state index in [9.17, 15) is 8.42 Å². The van der Waals surface area contributed by atoms with E-state index in [1.165, 1.54) is 10.4 Å². The number of hydrogen-bond donors (Lipinski definition) is 2. The number of aryl methyl sites for hydroxylation is 1. The van der Waals surface area contributed by atoms with Gasteiger partial charge in [-0.15, -0.1) is 0 Å². The summed E-state index contributed by atoms with van der Waals surface area (Å²) in [6, 6.07) is 4.94. The first kappa shape index (κ1) is 15.9. The van der Waals surface area contributed by atoms with Crippen molar-refractivity contribution in [3.8, 4) is 0 Å². The van der Waals surface area contributed by atoms with Gasteiger partial charge < -0.3 is 10.8 Å². The van der Waals surface area contributed by atoms with Crippen molar-refractivity contribution in [1.29, 1.82) is 0 Å². The third-order valence-electron chi connectivity index (χ3n) is 2.91. The Kier molecular flexibility index (Phi) is 5.78. The molecule has 1 rings (SSSR count). The summed E-state index contributed by atoms with van der Waals surface area (Å²) in [6.07, 6.45) is 1.32. The number of nitrogen functional groups attached to an aromatic ring is 1. The highest BCUT2D eigenvalue weighted by molar-refractivity contribution is 7.89. The summed E-state index contributed by atoms with van der Waals surface area (Å²) in [6.45, 7) is 4.11. The van der Waals surface area contributed by atoms with Gasteiger partial charge >= 0.3 is 0 Å². The van der Waals surface area contributed by atoms with E-state index in [2.05, 4.69) is 0 Å². The van der Waals surface area contributed by atoms with Crippen LogP contribution in [0.25, 0.3) is 0 Å². The van der Waals surface area contributed by atoms with E-state index in [-0.39, 0.29) is 18.0 Å². The van der Waals surface area contributed by atoms with Crippen LogP contribution in [0.3, 0.4) is 0 Å². The Morgan fingerprint density at radius 2 is 1.95 bits per heavy atom. The number of nitrogens with two attached hydrogens (primary N) is 1. The van der Waals surface area contributed by atoms with E-state index in [1.807, 2.05) is 13.8 Å². The van der Waals surface area contributed by atoms with Crippen molar-refractivity contribution in [2.75, 3.05) is 25.4 Å². The highest BCUT2D eigenvalue weighted by Gasteiger charge is 2.25. The van der Waals surface area contributed by atoms with Gasteiger partial charge in [-0.2, -0.15) is 4.31 Å². The second-order valence-corrected chi connectivity index (χ2v) is 6.25. The highest BCUT2D eigenvalue weighted by atomic mass is 32.2. The second-order valence-electron chi connectivity index (χ2n) is 4.35. The second kappa shape index (κ2) is 6.88. The monoisotopic (exact) mass is 286 g/mol. The maximum Gasteiger partial charge on any atom is 0.243 e.